The number of phenols is 1. The number of furan rings is 1. The van der Waals surface area contributed by atoms with E-state index in [9.17, 15) is 5.11 Å². The first kappa shape index (κ1) is 26.4. The average Bonchev–Trinajstić information content (AvgIpc) is 3.49. The standard InChI is InChI=1S/C40H27N3O2/c44-37-20-6-4-17-33(37)35-26-29(27-12-2-1-3-13-27)25-34(42-35)28-14-10-15-30(24-28)43(39-22-8-9-23-41-39)36-19-11-18-32-31-16-5-7-21-38(31)45-40(32)36/h1-26,44H. The van der Waals surface area contributed by atoms with Crippen LogP contribution in [0.1, 0.15) is 0 Å². The third-order valence-electron chi connectivity index (χ3n) is 8.02. The summed E-state index contributed by atoms with van der Waals surface area (Å²) in [5.74, 6) is 0.957. The molecule has 1 N–H and O–H groups in total. The van der Waals surface area contributed by atoms with Crippen LogP contribution >= 0.6 is 0 Å². The number of phenolic OH excluding ortho intramolecular Hbond substituents is 1. The normalized spacial score (nSPS) is 11.2. The van der Waals surface area contributed by atoms with Crippen molar-refractivity contribution in [3.63, 3.8) is 0 Å². The number of nitrogens with zero attached hydrogens (tertiary/aromatic N) is 3. The number of pyridine rings is 2. The van der Waals surface area contributed by atoms with Crippen LogP contribution in [0.5, 0.6) is 5.75 Å². The Morgan fingerprint density at radius 1 is 0.556 bits per heavy atom. The second-order valence-electron chi connectivity index (χ2n) is 10.8. The van der Waals surface area contributed by atoms with Crippen molar-refractivity contribution in [2.24, 2.45) is 0 Å². The Morgan fingerprint density at radius 3 is 2.16 bits per heavy atom. The van der Waals surface area contributed by atoms with Crippen molar-refractivity contribution in [1.29, 1.82) is 0 Å². The van der Waals surface area contributed by atoms with Gasteiger partial charge in [0.15, 0.2) is 5.58 Å². The molecule has 0 spiro atoms. The molecule has 0 aliphatic carbocycles. The van der Waals surface area contributed by atoms with Crippen molar-refractivity contribution in [3.05, 3.63) is 158 Å². The summed E-state index contributed by atoms with van der Waals surface area (Å²) in [6.45, 7) is 0. The second kappa shape index (κ2) is 11.1. The number of hydrogen-bond donors (Lipinski definition) is 1. The van der Waals surface area contributed by atoms with Gasteiger partial charge >= 0.3 is 0 Å². The number of para-hydroxylation sites is 3. The van der Waals surface area contributed by atoms with Gasteiger partial charge in [0, 0.05) is 33.8 Å². The molecule has 5 heteroatoms. The minimum Gasteiger partial charge on any atom is -0.507 e. The van der Waals surface area contributed by atoms with Crippen LogP contribution in [0.3, 0.4) is 0 Å². The molecule has 0 atom stereocenters. The molecule has 214 valence electrons. The molecule has 0 saturated heterocycles. The lowest BCUT2D eigenvalue weighted by Gasteiger charge is -2.24. The summed E-state index contributed by atoms with van der Waals surface area (Å²) in [7, 11) is 0. The van der Waals surface area contributed by atoms with Crippen LogP contribution in [0, 0.1) is 0 Å². The van der Waals surface area contributed by atoms with Crippen LogP contribution in [0.25, 0.3) is 55.6 Å². The first-order valence-corrected chi connectivity index (χ1v) is 14.8. The number of rotatable bonds is 6. The third-order valence-corrected chi connectivity index (χ3v) is 8.02. The molecule has 0 saturated carbocycles. The molecule has 0 amide bonds. The Balaban J connectivity index is 1.32. The monoisotopic (exact) mass is 581 g/mol. The molecule has 0 radical (unpaired) electrons. The highest BCUT2D eigenvalue weighted by Crippen LogP contribution is 2.42. The van der Waals surface area contributed by atoms with E-state index in [-0.39, 0.29) is 5.75 Å². The summed E-state index contributed by atoms with van der Waals surface area (Å²) < 4.78 is 6.46. The average molecular weight is 582 g/mol. The lowest BCUT2D eigenvalue weighted by Crippen LogP contribution is -2.11. The molecule has 8 rings (SSSR count). The van der Waals surface area contributed by atoms with Crippen molar-refractivity contribution in [1.82, 2.24) is 9.97 Å². The third kappa shape index (κ3) is 4.86. The highest BCUT2D eigenvalue weighted by Gasteiger charge is 2.21. The van der Waals surface area contributed by atoms with Gasteiger partial charge in [-0.3, -0.25) is 4.90 Å². The Bertz CT molecular complexity index is 2300. The van der Waals surface area contributed by atoms with Gasteiger partial charge in [0.25, 0.3) is 0 Å². The second-order valence-corrected chi connectivity index (χ2v) is 10.8. The number of hydrogen-bond acceptors (Lipinski definition) is 5. The zero-order valence-electron chi connectivity index (χ0n) is 24.2. The van der Waals surface area contributed by atoms with Crippen LogP contribution in [-0.4, -0.2) is 15.1 Å². The number of aromatic hydroxyl groups is 1. The fourth-order valence-corrected chi connectivity index (χ4v) is 5.90. The molecule has 45 heavy (non-hydrogen) atoms. The van der Waals surface area contributed by atoms with Gasteiger partial charge in [-0.05, 0) is 71.8 Å². The summed E-state index contributed by atoms with van der Waals surface area (Å²) in [5.41, 5.74) is 8.62. The van der Waals surface area contributed by atoms with Crippen LogP contribution in [-0.2, 0) is 0 Å². The maximum absolute atomic E-state index is 10.7. The number of anilines is 3. The predicted molar refractivity (Wildman–Crippen MR) is 182 cm³/mol. The molecular formula is C40H27N3O2. The molecular weight excluding hydrogens is 554 g/mol. The van der Waals surface area contributed by atoms with Gasteiger partial charge in [0.2, 0.25) is 0 Å². The maximum Gasteiger partial charge on any atom is 0.159 e. The summed E-state index contributed by atoms with van der Waals surface area (Å²) in [6, 6.07) is 50.2. The lowest BCUT2D eigenvalue weighted by molar-refractivity contribution is 0.477. The minimum absolute atomic E-state index is 0.190. The van der Waals surface area contributed by atoms with Crippen LogP contribution in [0.2, 0.25) is 0 Å². The van der Waals surface area contributed by atoms with E-state index in [1.807, 2.05) is 84.9 Å². The topological polar surface area (TPSA) is 62.4 Å². The van der Waals surface area contributed by atoms with Crippen molar-refractivity contribution < 1.29 is 9.52 Å². The largest absolute Gasteiger partial charge is 0.507 e. The molecule has 0 aliphatic rings. The van der Waals surface area contributed by atoms with Crippen LogP contribution in [0.4, 0.5) is 17.2 Å². The zero-order valence-corrected chi connectivity index (χ0v) is 24.2. The fourth-order valence-electron chi connectivity index (χ4n) is 5.90. The molecule has 8 aromatic rings. The van der Waals surface area contributed by atoms with E-state index >= 15 is 0 Å². The Hall–Kier alpha value is -6.20. The minimum atomic E-state index is 0.190. The van der Waals surface area contributed by atoms with Crippen molar-refractivity contribution >= 4 is 39.1 Å². The first-order chi connectivity index (χ1) is 22.2. The van der Waals surface area contributed by atoms with E-state index in [2.05, 4.69) is 65.6 Å². The summed E-state index contributed by atoms with van der Waals surface area (Å²) in [6.07, 6.45) is 1.80. The van der Waals surface area contributed by atoms with Crippen molar-refractivity contribution in [2.45, 2.75) is 0 Å². The molecule has 3 heterocycles. The predicted octanol–water partition coefficient (Wildman–Crippen LogP) is 10.6. The van der Waals surface area contributed by atoms with Gasteiger partial charge in [0.1, 0.15) is 17.2 Å². The van der Waals surface area contributed by atoms with E-state index in [4.69, 9.17) is 14.4 Å². The van der Waals surface area contributed by atoms with E-state index in [0.717, 1.165) is 61.5 Å². The summed E-state index contributed by atoms with van der Waals surface area (Å²) >= 11 is 0. The van der Waals surface area contributed by atoms with Crippen LogP contribution < -0.4 is 4.90 Å². The smallest absolute Gasteiger partial charge is 0.159 e. The number of aromatic nitrogens is 2. The molecule has 5 aromatic carbocycles. The van der Waals surface area contributed by atoms with Gasteiger partial charge in [0.05, 0.1) is 17.1 Å². The molecule has 0 bridgehead atoms. The van der Waals surface area contributed by atoms with E-state index in [1.54, 1.807) is 12.3 Å². The fraction of sp³-hybridized carbons (Fsp3) is 0. The summed E-state index contributed by atoms with van der Waals surface area (Å²) in [4.78, 5) is 11.9. The van der Waals surface area contributed by atoms with Crippen molar-refractivity contribution in [3.8, 4) is 39.4 Å². The van der Waals surface area contributed by atoms with E-state index in [0.29, 0.717) is 11.3 Å². The van der Waals surface area contributed by atoms with E-state index < -0.39 is 0 Å². The lowest BCUT2D eigenvalue weighted by atomic mass is 9.99. The van der Waals surface area contributed by atoms with Gasteiger partial charge < -0.3 is 9.52 Å². The van der Waals surface area contributed by atoms with Crippen LogP contribution in [0.15, 0.2) is 162 Å². The van der Waals surface area contributed by atoms with E-state index in [1.165, 1.54) is 0 Å². The highest BCUT2D eigenvalue weighted by molar-refractivity contribution is 6.10. The quantitative estimate of drug-likeness (QED) is 0.212. The molecule has 3 aromatic heterocycles. The maximum atomic E-state index is 10.7. The molecule has 0 aliphatic heterocycles. The molecule has 0 unspecified atom stereocenters. The molecule has 0 fully saturated rings. The van der Waals surface area contributed by atoms with Gasteiger partial charge in [-0.25, -0.2) is 9.97 Å². The Kier molecular flexibility index (Phi) is 6.54. The highest BCUT2D eigenvalue weighted by atomic mass is 16.3. The van der Waals surface area contributed by atoms with Gasteiger partial charge in [-0.2, -0.15) is 0 Å². The summed E-state index contributed by atoms with van der Waals surface area (Å²) in [5, 5.41) is 12.9. The van der Waals surface area contributed by atoms with Crippen molar-refractivity contribution in [2.75, 3.05) is 4.90 Å². The number of benzene rings is 5. The first-order valence-electron chi connectivity index (χ1n) is 14.8. The Labute approximate surface area is 260 Å². The molecule has 5 nitrogen and oxygen atoms in total. The van der Waals surface area contributed by atoms with Gasteiger partial charge in [-0.1, -0.05) is 91.0 Å². The van der Waals surface area contributed by atoms with Gasteiger partial charge in [-0.15, -0.1) is 0 Å². The SMILES string of the molecule is Oc1ccccc1-c1cc(-c2ccccc2)cc(-c2cccc(N(c3ccccn3)c3cccc4c3oc3ccccc34)c2)n1. The zero-order chi connectivity index (χ0) is 30.2. The number of fused-ring (bicyclic) bond motifs is 3. The Morgan fingerprint density at radius 2 is 1.29 bits per heavy atom.